The fourth-order valence-electron chi connectivity index (χ4n) is 3.91. The number of carbonyl (C=O) groups excluding carboxylic acids is 2. The number of hydrogen-bond donors (Lipinski definition) is 4. The highest BCUT2D eigenvalue weighted by Gasteiger charge is 2.14. The maximum atomic E-state index is 12.9. The fourth-order valence-corrected chi connectivity index (χ4v) is 4.60. The van der Waals surface area contributed by atoms with Gasteiger partial charge in [0.05, 0.1) is 0 Å². The Balaban J connectivity index is 1.35. The first-order valence-electron chi connectivity index (χ1n) is 13.0. The Bertz CT molecular complexity index is 1580. The molecule has 12 heteroatoms. The van der Waals surface area contributed by atoms with Crippen LogP contribution in [0.2, 0.25) is 0 Å². The highest BCUT2D eigenvalue weighted by atomic mass is 32.1. The van der Waals surface area contributed by atoms with Gasteiger partial charge >= 0.3 is 11.9 Å². The van der Waals surface area contributed by atoms with Crippen LogP contribution in [0.5, 0.6) is 11.5 Å². The van der Waals surface area contributed by atoms with Crippen LogP contribution in [0, 0.1) is 0 Å². The molecule has 0 aliphatic carbocycles. The van der Waals surface area contributed by atoms with Gasteiger partial charge in [-0.1, -0.05) is 66.7 Å². The highest BCUT2D eigenvalue weighted by Crippen LogP contribution is 2.29. The van der Waals surface area contributed by atoms with Crippen LogP contribution in [0.15, 0.2) is 90.3 Å². The van der Waals surface area contributed by atoms with Gasteiger partial charge in [0.25, 0.3) is 11.8 Å². The zero-order valence-corrected chi connectivity index (χ0v) is 23.5. The first-order valence-corrected chi connectivity index (χ1v) is 13.9. The topological polar surface area (TPSA) is 164 Å². The molecule has 0 bridgehead atoms. The predicted octanol–water partition coefficient (Wildman–Crippen LogP) is 4.11. The number of amides is 2. The van der Waals surface area contributed by atoms with Gasteiger partial charge in [-0.25, -0.2) is 14.6 Å². The molecule has 1 heterocycles. The lowest BCUT2D eigenvalue weighted by atomic mass is 9.97. The summed E-state index contributed by atoms with van der Waals surface area (Å²) in [6, 6.07) is 23.7. The third-order valence-corrected chi connectivity index (χ3v) is 6.58. The molecule has 0 saturated heterocycles. The van der Waals surface area contributed by atoms with E-state index >= 15 is 0 Å². The first-order chi connectivity index (χ1) is 20.8. The van der Waals surface area contributed by atoms with Gasteiger partial charge in [0.2, 0.25) is 0 Å². The van der Waals surface area contributed by atoms with Crippen molar-refractivity contribution < 1.29 is 38.9 Å². The minimum Gasteiger partial charge on any atom is -0.479 e. The van der Waals surface area contributed by atoms with E-state index in [1.165, 1.54) is 23.6 Å². The van der Waals surface area contributed by atoms with E-state index in [0.717, 1.165) is 28.0 Å². The molecule has 4 N–H and O–H groups in total. The van der Waals surface area contributed by atoms with Crippen molar-refractivity contribution in [2.75, 3.05) is 25.1 Å². The average Bonchev–Trinajstić information content (AvgIpc) is 3.47. The molecule has 4 aromatic rings. The zero-order valence-electron chi connectivity index (χ0n) is 22.7. The SMILES string of the molecule is O=C(O)COc1ccc(CCNC(=O)c2csc(NC(=O)C=C(c3ccccc3)c3ccccc3)n2)cc1OCC(=O)O. The zero-order chi connectivity index (χ0) is 30.6. The summed E-state index contributed by atoms with van der Waals surface area (Å²) in [5, 5.41) is 25.0. The van der Waals surface area contributed by atoms with Crippen molar-refractivity contribution >= 4 is 45.8 Å². The van der Waals surface area contributed by atoms with Crippen molar-refractivity contribution in [2.45, 2.75) is 6.42 Å². The summed E-state index contributed by atoms with van der Waals surface area (Å²) in [5.74, 6) is -3.07. The molecule has 0 unspecified atom stereocenters. The van der Waals surface area contributed by atoms with Gasteiger partial charge < -0.3 is 25.0 Å². The number of hydrogen-bond acceptors (Lipinski definition) is 8. The van der Waals surface area contributed by atoms with Gasteiger partial charge in [-0.3, -0.25) is 14.9 Å². The number of nitrogens with one attached hydrogen (secondary N) is 2. The Kier molecular flexibility index (Phi) is 10.6. The maximum absolute atomic E-state index is 12.9. The standard InChI is InChI=1S/C31H27N3O8S/c35-27(16-23(21-7-3-1-4-8-21)22-9-5-2-6-10-22)34-31-33-24(19-43-31)30(40)32-14-13-20-11-12-25(41-17-28(36)37)26(15-20)42-18-29(38)39/h1-12,15-16,19H,13-14,17-18H2,(H,32,40)(H,36,37)(H,38,39)(H,33,34,35). The quantitative estimate of drug-likeness (QED) is 0.156. The molecule has 3 aromatic carbocycles. The molecule has 0 fully saturated rings. The van der Waals surface area contributed by atoms with Crippen LogP contribution < -0.4 is 20.1 Å². The maximum Gasteiger partial charge on any atom is 0.341 e. The van der Waals surface area contributed by atoms with E-state index in [1.807, 2.05) is 60.7 Å². The summed E-state index contributed by atoms with van der Waals surface area (Å²) >= 11 is 1.12. The molecule has 1 aromatic heterocycles. The van der Waals surface area contributed by atoms with Crippen molar-refractivity contribution in [3.05, 3.63) is 113 Å². The summed E-state index contributed by atoms with van der Waals surface area (Å²) in [4.78, 5) is 51.5. The molecule has 220 valence electrons. The molecule has 4 rings (SSSR count). The van der Waals surface area contributed by atoms with Crippen LogP contribution in [-0.4, -0.2) is 58.7 Å². The third-order valence-electron chi connectivity index (χ3n) is 5.82. The van der Waals surface area contributed by atoms with Crippen LogP contribution in [0.3, 0.4) is 0 Å². The van der Waals surface area contributed by atoms with Crippen molar-refractivity contribution in [1.29, 1.82) is 0 Å². The number of carboxylic acid groups (broad SMARTS) is 2. The molecule has 0 radical (unpaired) electrons. The second-order valence-corrected chi connectivity index (χ2v) is 9.83. The van der Waals surface area contributed by atoms with Crippen molar-refractivity contribution in [3.63, 3.8) is 0 Å². The number of aromatic nitrogens is 1. The lowest BCUT2D eigenvalue weighted by Gasteiger charge is -2.12. The molecule has 0 aliphatic heterocycles. The van der Waals surface area contributed by atoms with E-state index in [4.69, 9.17) is 19.7 Å². The summed E-state index contributed by atoms with van der Waals surface area (Å²) in [6.45, 7) is -1.04. The monoisotopic (exact) mass is 601 g/mol. The molecule has 0 atom stereocenters. The number of benzene rings is 3. The van der Waals surface area contributed by atoms with Gasteiger partial charge in [-0.2, -0.15) is 0 Å². The van der Waals surface area contributed by atoms with Crippen LogP contribution in [0.25, 0.3) is 5.57 Å². The van der Waals surface area contributed by atoms with Crippen LogP contribution in [0.1, 0.15) is 27.2 Å². The number of carboxylic acids is 2. The van der Waals surface area contributed by atoms with Gasteiger partial charge in [0, 0.05) is 18.0 Å². The van der Waals surface area contributed by atoms with Gasteiger partial charge in [-0.05, 0) is 40.8 Å². The molecular weight excluding hydrogens is 574 g/mol. The molecular formula is C31H27N3O8S. The number of thiazole rings is 1. The Morgan fingerprint density at radius 2 is 1.42 bits per heavy atom. The number of anilines is 1. The van der Waals surface area contributed by atoms with Crippen molar-refractivity contribution in [2.24, 2.45) is 0 Å². The third kappa shape index (κ3) is 9.26. The Labute approximate surface area is 250 Å². The average molecular weight is 602 g/mol. The minimum atomic E-state index is -1.20. The lowest BCUT2D eigenvalue weighted by Crippen LogP contribution is -2.26. The Hall–Kier alpha value is -5.49. The number of ether oxygens (including phenoxy) is 2. The summed E-state index contributed by atoms with van der Waals surface area (Å²) < 4.78 is 10.4. The van der Waals surface area contributed by atoms with Crippen LogP contribution in [-0.2, 0) is 20.8 Å². The minimum absolute atomic E-state index is 0.0732. The van der Waals surface area contributed by atoms with E-state index in [1.54, 1.807) is 6.07 Å². The number of rotatable bonds is 14. The second-order valence-electron chi connectivity index (χ2n) is 8.97. The summed E-state index contributed by atoms with van der Waals surface area (Å²) in [5.41, 5.74) is 3.33. The largest absolute Gasteiger partial charge is 0.479 e. The molecule has 0 saturated carbocycles. The first kappa shape index (κ1) is 30.5. The smallest absolute Gasteiger partial charge is 0.341 e. The van der Waals surface area contributed by atoms with Gasteiger partial charge in [0.15, 0.2) is 29.8 Å². The molecule has 11 nitrogen and oxygen atoms in total. The number of nitrogens with zero attached hydrogens (tertiary/aromatic N) is 1. The van der Waals surface area contributed by atoms with Crippen LogP contribution >= 0.6 is 11.3 Å². The normalized spacial score (nSPS) is 10.3. The van der Waals surface area contributed by atoms with E-state index in [-0.39, 0.29) is 34.8 Å². The molecule has 43 heavy (non-hydrogen) atoms. The van der Waals surface area contributed by atoms with E-state index in [0.29, 0.717) is 12.0 Å². The van der Waals surface area contributed by atoms with E-state index in [2.05, 4.69) is 15.6 Å². The van der Waals surface area contributed by atoms with Gasteiger partial charge in [0.1, 0.15) is 5.69 Å². The van der Waals surface area contributed by atoms with Crippen molar-refractivity contribution in [3.8, 4) is 11.5 Å². The van der Waals surface area contributed by atoms with Gasteiger partial charge in [-0.15, -0.1) is 11.3 Å². The molecule has 0 aliphatic rings. The van der Waals surface area contributed by atoms with E-state index in [9.17, 15) is 19.2 Å². The van der Waals surface area contributed by atoms with Crippen LogP contribution in [0.4, 0.5) is 5.13 Å². The Morgan fingerprint density at radius 1 is 0.814 bits per heavy atom. The Morgan fingerprint density at radius 3 is 2.02 bits per heavy atom. The second kappa shape index (κ2) is 14.9. The number of aliphatic carboxylic acids is 2. The van der Waals surface area contributed by atoms with Crippen molar-refractivity contribution in [1.82, 2.24) is 10.3 Å². The summed E-state index contributed by atoms with van der Waals surface area (Å²) in [7, 11) is 0. The molecule has 2 amide bonds. The fraction of sp³-hybridized carbons (Fsp3) is 0.129. The molecule has 0 spiro atoms. The predicted molar refractivity (Wildman–Crippen MR) is 159 cm³/mol. The van der Waals surface area contributed by atoms with E-state index < -0.39 is 31.1 Å². The highest BCUT2D eigenvalue weighted by molar-refractivity contribution is 7.14. The lowest BCUT2D eigenvalue weighted by molar-refractivity contribution is -0.140. The number of carbonyl (C=O) groups is 4. The summed E-state index contributed by atoms with van der Waals surface area (Å²) in [6.07, 6.45) is 1.85.